The third-order valence-corrected chi connectivity index (χ3v) is 4.59. The molecule has 0 spiro atoms. The summed E-state index contributed by atoms with van der Waals surface area (Å²) in [5.41, 5.74) is -1.68. The number of rotatable bonds is 6. The number of hydrogen-bond acceptors (Lipinski definition) is 3. The molecule has 0 bridgehead atoms. The van der Waals surface area contributed by atoms with Crippen molar-refractivity contribution in [3.63, 3.8) is 0 Å². The first-order chi connectivity index (χ1) is 13.5. The average Bonchev–Trinajstić information content (AvgIpc) is 2.62. The Hall–Kier alpha value is -2.64. The zero-order valence-electron chi connectivity index (χ0n) is 16.5. The predicted octanol–water partition coefficient (Wildman–Crippen LogP) is 5.77. The maximum Gasteiger partial charge on any atom is 0.419 e. The van der Waals surface area contributed by atoms with E-state index >= 15 is 4.39 Å². The molecule has 158 valence electrons. The number of esters is 1. The van der Waals surface area contributed by atoms with Gasteiger partial charge in [-0.2, -0.15) is 13.2 Å². The summed E-state index contributed by atoms with van der Waals surface area (Å²) in [6.45, 7) is 4.79. The van der Waals surface area contributed by atoms with Gasteiger partial charge in [-0.25, -0.2) is 8.78 Å². The molecule has 0 heterocycles. The van der Waals surface area contributed by atoms with Gasteiger partial charge in [-0.15, -0.1) is 0 Å². The molecule has 0 aliphatic carbocycles. The fourth-order valence-electron chi connectivity index (χ4n) is 3.22. The molecule has 0 N–H and O–H groups in total. The lowest BCUT2D eigenvalue weighted by atomic mass is 9.90. The van der Waals surface area contributed by atoms with E-state index in [0.717, 1.165) is 0 Å². The van der Waals surface area contributed by atoms with Gasteiger partial charge in [0.25, 0.3) is 0 Å². The molecule has 3 nitrogen and oxygen atoms in total. The summed E-state index contributed by atoms with van der Waals surface area (Å²) in [6, 6.07) is 3.66. The molecular formula is C21H21F5O3. The second-order valence-corrected chi connectivity index (χ2v) is 6.47. The topological polar surface area (TPSA) is 35.5 Å². The van der Waals surface area contributed by atoms with Gasteiger partial charge in [0.05, 0.1) is 19.3 Å². The second kappa shape index (κ2) is 8.80. The normalized spacial score (nSPS) is 11.5. The molecule has 8 heteroatoms. The highest BCUT2D eigenvalue weighted by atomic mass is 19.4. The molecule has 0 aliphatic heterocycles. The summed E-state index contributed by atoms with van der Waals surface area (Å²) in [6.07, 6.45) is -6.04. The van der Waals surface area contributed by atoms with Crippen LogP contribution >= 0.6 is 0 Å². The molecule has 0 saturated heterocycles. The van der Waals surface area contributed by atoms with E-state index in [4.69, 9.17) is 9.47 Å². The molecular weight excluding hydrogens is 395 g/mol. The van der Waals surface area contributed by atoms with Gasteiger partial charge in [-0.3, -0.25) is 4.79 Å². The van der Waals surface area contributed by atoms with Gasteiger partial charge in [0.1, 0.15) is 17.4 Å². The SMILES string of the molecule is CCOC(=O)CCc1c(F)c(-c2c(C)ccc(OC)c2C)cc(C(F)(F)F)c1F. The van der Waals surface area contributed by atoms with Crippen molar-refractivity contribution in [1.82, 2.24) is 0 Å². The van der Waals surface area contributed by atoms with Crippen molar-refractivity contribution >= 4 is 5.97 Å². The lowest BCUT2D eigenvalue weighted by Crippen LogP contribution is -2.14. The van der Waals surface area contributed by atoms with E-state index < -0.39 is 53.3 Å². The van der Waals surface area contributed by atoms with Crippen LogP contribution in [-0.4, -0.2) is 19.7 Å². The van der Waals surface area contributed by atoms with Crippen LogP contribution in [-0.2, 0) is 22.1 Å². The summed E-state index contributed by atoms with van der Waals surface area (Å²) >= 11 is 0. The van der Waals surface area contributed by atoms with E-state index in [1.165, 1.54) is 7.11 Å². The van der Waals surface area contributed by atoms with Gasteiger partial charge in [0.2, 0.25) is 0 Å². The lowest BCUT2D eigenvalue weighted by Gasteiger charge is -2.19. The van der Waals surface area contributed by atoms with Crippen LogP contribution < -0.4 is 4.74 Å². The number of halogens is 5. The maximum absolute atomic E-state index is 15.2. The first kappa shape index (κ1) is 22.6. The van der Waals surface area contributed by atoms with Gasteiger partial charge < -0.3 is 9.47 Å². The Bertz CT molecular complexity index is 920. The predicted molar refractivity (Wildman–Crippen MR) is 97.8 cm³/mol. The smallest absolute Gasteiger partial charge is 0.419 e. The fraction of sp³-hybridized carbons (Fsp3) is 0.381. The summed E-state index contributed by atoms with van der Waals surface area (Å²) in [5.74, 6) is -3.25. The molecule has 2 rings (SSSR count). The number of alkyl halides is 3. The van der Waals surface area contributed by atoms with Crippen LogP contribution in [0, 0.1) is 25.5 Å². The molecule has 0 saturated carbocycles. The Kier molecular flexibility index (Phi) is 6.87. The highest BCUT2D eigenvalue weighted by Crippen LogP contribution is 2.41. The third kappa shape index (κ3) is 4.68. The van der Waals surface area contributed by atoms with Gasteiger partial charge in [0, 0.05) is 17.5 Å². The van der Waals surface area contributed by atoms with Crippen molar-refractivity contribution in [3.8, 4) is 16.9 Å². The summed E-state index contributed by atoms with van der Waals surface area (Å²) < 4.78 is 80.0. The number of benzene rings is 2. The third-order valence-electron chi connectivity index (χ3n) is 4.59. The highest BCUT2D eigenvalue weighted by Gasteiger charge is 2.37. The largest absolute Gasteiger partial charge is 0.496 e. The van der Waals surface area contributed by atoms with E-state index in [0.29, 0.717) is 22.9 Å². The first-order valence-corrected chi connectivity index (χ1v) is 8.91. The molecule has 29 heavy (non-hydrogen) atoms. The summed E-state index contributed by atoms with van der Waals surface area (Å²) in [7, 11) is 1.38. The Labute approximate surface area is 165 Å². The van der Waals surface area contributed by atoms with Crippen LogP contribution in [0.3, 0.4) is 0 Å². The molecule has 2 aromatic rings. The van der Waals surface area contributed by atoms with E-state index in [9.17, 15) is 22.4 Å². The van der Waals surface area contributed by atoms with Gasteiger partial charge in [-0.05, 0) is 56.0 Å². The maximum atomic E-state index is 15.2. The number of methoxy groups -OCH3 is 1. The first-order valence-electron chi connectivity index (χ1n) is 8.91. The van der Waals surface area contributed by atoms with Gasteiger partial charge in [0.15, 0.2) is 0 Å². The van der Waals surface area contributed by atoms with Crippen LogP contribution in [0.15, 0.2) is 18.2 Å². The number of ether oxygens (including phenoxy) is 2. The highest BCUT2D eigenvalue weighted by molar-refractivity contribution is 5.75. The van der Waals surface area contributed by atoms with Crippen molar-refractivity contribution in [2.24, 2.45) is 0 Å². The van der Waals surface area contributed by atoms with Crippen LogP contribution in [0.25, 0.3) is 11.1 Å². The van der Waals surface area contributed by atoms with Crippen molar-refractivity contribution in [2.45, 2.75) is 39.8 Å². The lowest BCUT2D eigenvalue weighted by molar-refractivity contribution is -0.143. The standard InChI is InChI=1S/C21H21F5O3/c1-5-29-17(27)9-7-13-19(22)14(10-15(20(13)23)21(24,25)26)18-11(2)6-8-16(28-4)12(18)3/h6,8,10H,5,7,9H2,1-4H3. The van der Waals surface area contributed by atoms with Crippen molar-refractivity contribution < 1.29 is 36.2 Å². The van der Waals surface area contributed by atoms with Gasteiger partial charge in [-0.1, -0.05) is 6.07 Å². The Morgan fingerprint density at radius 3 is 2.31 bits per heavy atom. The molecule has 0 aromatic heterocycles. The van der Waals surface area contributed by atoms with Crippen LogP contribution in [0.4, 0.5) is 22.0 Å². The molecule has 0 amide bonds. The minimum Gasteiger partial charge on any atom is -0.496 e. The van der Waals surface area contributed by atoms with Crippen LogP contribution in [0.1, 0.15) is 35.6 Å². The Balaban J connectivity index is 2.74. The molecule has 0 fully saturated rings. The zero-order chi connectivity index (χ0) is 21.9. The van der Waals surface area contributed by atoms with E-state index in [2.05, 4.69) is 0 Å². The number of carbonyl (C=O) groups is 1. The quantitative estimate of drug-likeness (QED) is 0.443. The average molecular weight is 416 g/mol. The Morgan fingerprint density at radius 1 is 1.10 bits per heavy atom. The summed E-state index contributed by atoms with van der Waals surface area (Å²) in [4.78, 5) is 11.6. The van der Waals surface area contributed by atoms with E-state index in [1.807, 2.05) is 0 Å². The van der Waals surface area contributed by atoms with E-state index in [-0.39, 0.29) is 12.2 Å². The number of aryl methyl sites for hydroxylation is 1. The molecule has 0 unspecified atom stereocenters. The van der Waals surface area contributed by atoms with Crippen molar-refractivity contribution in [1.29, 1.82) is 0 Å². The van der Waals surface area contributed by atoms with Gasteiger partial charge >= 0.3 is 12.1 Å². The fourth-order valence-corrected chi connectivity index (χ4v) is 3.22. The minimum absolute atomic E-state index is 0.0554. The number of hydrogen-bond donors (Lipinski definition) is 0. The molecule has 0 aliphatic rings. The van der Waals surface area contributed by atoms with Crippen LogP contribution in [0.2, 0.25) is 0 Å². The summed E-state index contributed by atoms with van der Waals surface area (Å²) in [5, 5.41) is 0. The zero-order valence-corrected chi connectivity index (χ0v) is 16.5. The second-order valence-electron chi connectivity index (χ2n) is 6.47. The monoisotopic (exact) mass is 416 g/mol. The number of carbonyl (C=O) groups excluding carboxylic acids is 1. The molecule has 0 radical (unpaired) electrons. The van der Waals surface area contributed by atoms with Crippen molar-refractivity contribution in [2.75, 3.05) is 13.7 Å². The Morgan fingerprint density at radius 2 is 1.76 bits per heavy atom. The van der Waals surface area contributed by atoms with E-state index in [1.54, 1.807) is 32.9 Å². The van der Waals surface area contributed by atoms with Crippen LogP contribution in [0.5, 0.6) is 5.75 Å². The molecule has 0 atom stereocenters. The minimum atomic E-state index is -5.04. The molecule has 2 aromatic carbocycles. The van der Waals surface area contributed by atoms with Crippen molar-refractivity contribution in [3.05, 3.63) is 52.1 Å².